The number of alkyl halides is 2. The minimum absolute atomic E-state index is 0.135. The van der Waals surface area contributed by atoms with E-state index < -0.39 is 12.0 Å². The van der Waals surface area contributed by atoms with Crippen LogP contribution in [0.4, 0.5) is 20.4 Å². The molecule has 1 atom stereocenters. The highest BCUT2D eigenvalue weighted by Crippen LogP contribution is 2.27. The number of piperidine rings is 1. The normalized spacial score (nSPS) is 19.6. The Balaban J connectivity index is 1.91. The monoisotopic (exact) mass is 346 g/mol. The number of fused-ring (bicyclic) bond motifs is 1. The predicted octanol–water partition coefficient (Wildman–Crippen LogP) is 2.73. The van der Waals surface area contributed by atoms with E-state index in [-0.39, 0.29) is 19.0 Å². The van der Waals surface area contributed by atoms with E-state index in [1.165, 1.54) is 0 Å². The molecule has 1 aliphatic rings. The molecule has 1 aliphatic heterocycles. The van der Waals surface area contributed by atoms with E-state index in [9.17, 15) is 8.78 Å². The smallest absolute Gasteiger partial charge is 0.262 e. The molecule has 2 aromatic rings. The maximum Gasteiger partial charge on any atom is 0.262 e. The number of hydrogen-bond donors (Lipinski definition) is 3. The van der Waals surface area contributed by atoms with Gasteiger partial charge in [0.25, 0.3) is 5.92 Å². The summed E-state index contributed by atoms with van der Waals surface area (Å²) in [6, 6.07) is 5.21. The van der Waals surface area contributed by atoms with E-state index in [0.29, 0.717) is 23.9 Å². The SMILES string of the molecule is CC(C)Nc1nc(C#N)cc2cnc(N[C@@H]3CNCC(F)(F)C3)cc12. The molecule has 8 heteroatoms. The molecule has 25 heavy (non-hydrogen) atoms. The van der Waals surface area contributed by atoms with Gasteiger partial charge in [-0.1, -0.05) is 0 Å². The number of rotatable bonds is 4. The van der Waals surface area contributed by atoms with Gasteiger partial charge >= 0.3 is 0 Å². The van der Waals surface area contributed by atoms with E-state index in [1.54, 1.807) is 18.3 Å². The third-order valence-electron chi connectivity index (χ3n) is 3.93. The predicted molar refractivity (Wildman–Crippen MR) is 92.9 cm³/mol. The fourth-order valence-corrected chi connectivity index (χ4v) is 2.91. The van der Waals surface area contributed by atoms with Crippen molar-refractivity contribution in [3.8, 4) is 6.07 Å². The molecule has 1 saturated heterocycles. The maximum atomic E-state index is 13.5. The molecule has 3 rings (SSSR count). The molecule has 0 aromatic carbocycles. The van der Waals surface area contributed by atoms with Crippen LogP contribution in [0.15, 0.2) is 18.3 Å². The van der Waals surface area contributed by atoms with E-state index in [0.717, 1.165) is 10.8 Å². The molecule has 0 amide bonds. The summed E-state index contributed by atoms with van der Waals surface area (Å²) in [5, 5.41) is 19.7. The largest absolute Gasteiger partial charge is 0.367 e. The van der Waals surface area contributed by atoms with Crippen molar-refractivity contribution in [2.75, 3.05) is 23.7 Å². The van der Waals surface area contributed by atoms with Crippen molar-refractivity contribution in [3.63, 3.8) is 0 Å². The Morgan fingerprint density at radius 2 is 2.20 bits per heavy atom. The summed E-state index contributed by atoms with van der Waals surface area (Å²) in [5.41, 5.74) is 0.300. The molecule has 3 heterocycles. The highest BCUT2D eigenvalue weighted by molar-refractivity contribution is 5.93. The summed E-state index contributed by atoms with van der Waals surface area (Å²) in [5.74, 6) is -1.63. The molecular formula is C17H20F2N6. The van der Waals surface area contributed by atoms with E-state index in [2.05, 4.69) is 25.9 Å². The van der Waals surface area contributed by atoms with Crippen molar-refractivity contribution in [2.45, 2.75) is 38.3 Å². The van der Waals surface area contributed by atoms with Crippen molar-refractivity contribution >= 4 is 22.4 Å². The van der Waals surface area contributed by atoms with Crippen molar-refractivity contribution in [1.82, 2.24) is 15.3 Å². The Morgan fingerprint density at radius 3 is 2.88 bits per heavy atom. The number of hydrogen-bond acceptors (Lipinski definition) is 6. The number of nitrogens with one attached hydrogen (secondary N) is 3. The van der Waals surface area contributed by atoms with Crippen LogP contribution >= 0.6 is 0 Å². The lowest BCUT2D eigenvalue weighted by Crippen LogP contribution is -2.49. The van der Waals surface area contributed by atoms with Gasteiger partial charge in [0.1, 0.15) is 23.4 Å². The Labute approximate surface area is 144 Å². The molecule has 6 nitrogen and oxygen atoms in total. The van der Waals surface area contributed by atoms with Gasteiger partial charge in [-0.15, -0.1) is 0 Å². The standard InChI is InChI=1S/C17H20F2N6/c1-10(2)23-16-14-4-15(22-7-11(14)3-12(6-20)25-16)24-13-5-17(18,19)9-21-8-13/h3-4,7,10,13,21H,5,8-9H2,1-2H3,(H,22,24)(H,23,25)/t13-/m0/s1. The van der Waals surface area contributed by atoms with E-state index in [4.69, 9.17) is 5.26 Å². The van der Waals surface area contributed by atoms with Gasteiger partial charge in [0.15, 0.2) is 0 Å². The second-order valence-corrected chi connectivity index (χ2v) is 6.59. The Hall–Kier alpha value is -2.53. The third kappa shape index (κ3) is 4.12. The second kappa shape index (κ2) is 6.76. The average molecular weight is 346 g/mol. The van der Waals surface area contributed by atoms with Gasteiger partial charge < -0.3 is 16.0 Å². The van der Waals surface area contributed by atoms with Gasteiger partial charge in [-0.05, 0) is 26.0 Å². The van der Waals surface area contributed by atoms with Crippen molar-refractivity contribution in [1.29, 1.82) is 5.26 Å². The fraction of sp³-hybridized carbons (Fsp3) is 0.471. The zero-order valence-electron chi connectivity index (χ0n) is 14.1. The van der Waals surface area contributed by atoms with Crippen LogP contribution in [0.5, 0.6) is 0 Å². The lowest BCUT2D eigenvalue weighted by atomic mass is 10.0. The molecule has 0 unspecified atom stereocenters. The van der Waals surface area contributed by atoms with Crippen LogP contribution in [-0.2, 0) is 0 Å². The first-order valence-electron chi connectivity index (χ1n) is 8.19. The first-order valence-corrected chi connectivity index (χ1v) is 8.19. The zero-order chi connectivity index (χ0) is 18.0. The van der Waals surface area contributed by atoms with Crippen LogP contribution in [0.2, 0.25) is 0 Å². The van der Waals surface area contributed by atoms with Gasteiger partial charge in [0, 0.05) is 42.0 Å². The van der Waals surface area contributed by atoms with E-state index >= 15 is 0 Å². The topological polar surface area (TPSA) is 85.7 Å². The summed E-state index contributed by atoms with van der Waals surface area (Å²) in [4.78, 5) is 8.61. The third-order valence-corrected chi connectivity index (χ3v) is 3.93. The van der Waals surface area contributed by atoms with Crippen LogP contribution < -0.4 is 16.0 Å². The average Bonchev–Trinajstić information content (AvgIpc) is 2.53. The molecule has 0 radical (unpaired) electrons. The molecule has 3 N–H and O–H groups in total. The van der Waals surface area contributed by atoms with Gasteiger partial charge in [-0.2, -0.15) is 5.26 Å². The number of aromatic nitrogens is 2. The molecule has 0 saturated carbocycles. The van der Waals surface area contributed by atoms with Crippen molar-refractivity contribution in [3.05, 3.63) is 24.0 Å². The van der Waals surface area contributed by atoms with Gasteiger partial charge in [0.2, 0.25) is 0 Å². The van der Waals surface area contributed by atoms with Crippen LogP contribution in [0.3, 0.4) is 0 Å². The quantitative estimate of drug-likeness (QED) is 0.789. The summed E-state index contributed by atoms with van der Waals surface area (Å²) in [7, 11) is 0. The van der Waals surface area contributed by atoms with Crippen LogP contribution in [0, 0.1) is 11.3 Å². The second-order valence-electron chi connectivity index (χ2n) is 6.59. The van der Waals surface area contributed by atoms with Crippen LogP contribution in [-0.4, -0.2) is 41.1 Å². The van der Waals surface area contributed by atoms with Crippen molar-refractivity contribution in [2.24, 2.45) is 0 Å². The van der Waals surface area contributed by atoms with Crippen molar-refractivity contribution < 1.29 is 8.78 Å². The molecule has 2 aromatic heterocycles. The Morgan fingerprint density at radius 1 is 1.40 bits per heavy atom. The van der Waals surface area contributed by atoms with Gasteiger partial charge in [0.05, 0.1) is 6.54 Å². The summed E-state index contributed by atoms with van der Waals surface area (Å²) in [6.45, 7) is 4.11. The molecule has 132 valence electrons. The lowest BCUT2D eigenvalue weighted by molar-refractivity contribution is -0.0244. The fourth-order valence-electron chi connectivity index (χ4n) is 2.91. The zero-order valence-corrected chi connectivity index (χ0v) is 14.1. The highest BCUT2D eigenvalue weighted by Gasteiger charge is 2.36. The van der Waals surface area contributed by atoms with Gasteiger partial charge in [-0.25, -0.2) is 18.7 Å². The van der Waals surface area contributed by atoms with E-state index in [1.807, 2.05) is 19.9 Å². The number of anilines is 2. The Bertz CT molecular complexity index is 815. The number of nitrogens with zero attached hydrogens (tertiary/aromatic N) is 3. The first-order chi connectivity index (χ1) is 11.9. The van der Waals surface area contributed by atoms with Gasteiger partial charge in [-0.3, -0.25) is 0 Å². The van der Waals surface area contributed by atoms with Crippen LogP contribution in [0.25, 0.3) is 10.8 Å². The summed E-state index contributed by atoms with van der Waals surface area (Å²) in [6.07, 6.45) is 1.39. The minimum Gasteiger partial charge on any atom is -0.367 e. The lowest BCUT2D eigenvalue weighted by Gasteiger charge is -2.30. The highest BCUT2D eigenvalue weighted by atomic mass is 19.3. The molecule has 1 fully saturated rings. The Kier molecular flexibility index (Phi) is 4.68. The molecule has 0 spiro atoms. The maximum absolute atomic E-state index is 13.5. The number of pyridine rings is 2. The molecular weight excluding hydrogens is 326 g/mol. The number of nitriles is 1. The molecule has 0 aliphatic carbocycles. The molecule has 0 bridgehead atoms. The summed E-state index contributed by atoms with van der Waals surface area (Å²) >= 11 is 0. The minimum atomic E-state index is -2.72. The summed E-state index contributed by atoms with van der Waals surface area (Å²) < 4.78 is 27.1. The van der Waals surface area contributed by atoms with Crippen LogP contribution in [0.1, 0.15) is 26.0 Å². The first kappa shape index (κ1) is 17.3. The number of halogens is 2.